The van der Waals surface area contributed by atoms with E-state index in [9.17, 15) is 14.4 Å². The van der Waals surface area contributed by atoms with Gasteiger partial charge in [0.05, 0.1) is 11.4 Å². The fourth-order valence-corrected chi connectivity index (χ4v) is 3.80. The smallest absolute Gasteiger partial charge is 0.410 e. The number of halogens is 1. The summed E-state index contributed by atoms with van der Waals surface area (Å²) in [5.41, 5.74) is 0.720. The van der Waals surface area contributed by atoms with Crippen molar-refractivity contribution in [2.24, 2.45) is 0 Å². The average Bonchev–Trinajstić information content (AvgIpc) is 2.67. The van der Waals surface area contributed by atoms with Gasteiger partial charge in [-0.05, 0) is 51.8 Å². The lowest BCUT2D eigenvalue weighted by molar-refractivity contribution is -0.222. The predicted octanol–water partition coefficient (Wildman–Crippen LogP) is 4.39. The Hall–Kier alpha value is -2.75. The lowest BCUT2D eigenvalue weighted by Gasteiger charge is -2.34. The Kier molecular flexibility index (Phi) is 7.26. The number of nitrogens with zero attached hydrogens (tertiary/aromatic N) is 1. The van der Waals surface area contributed by atoms with Crippen molar-refractivity contribution in [1.29, 1.82) is 0 Å². The Morgan fingerprint density at radius 3 is 2.33 bits per heavy atom. The largest absolute Gasteiger partial charge is 0.444 e. The molecule has 0 atom stereocenters. The van der Waals surface area contributed by atoms with E-state index >= 15 is 0 Å². The molecule has 2 saturated heterocycles. The van der Waals surface area contributed by atoms with Crippen LogP contribution in [-0.2, 0) is 23.8 Å². The summed E-state index contributed by atoms with van der Waals surface area (Å²) >= 11 is 3.44. The quantitative estimate of drug-likeness (QED) is 0.340. The average molecular weight is 524 g/mol. The number of piperidine rings is 1. The highest BCUT2D eigenvalue weighted by molar-refractivity contribution is 9.10. The normalized spacial score (nSPS) is 18.8. The monoisotopic (exact) mass is 523 g/mol. The fraction of sp³-hybridized carbons (Fsp3) is 0.522. The van der Waals surface area contributed by atoms with Gasteiger partial charge in [0, 0.05) is 43.7 Å². The van der Waals surface area contributed by atoms with Crippen molar-refractivity contribution in [1.82, 2.24) is 4.90 Å². The molecule has 2 fully saturated rings. The molecule has 2 N–H and O–H groups in total. The third kappa shape index (κ3) is 6.86. The van der Waals surface area contributed by atoms with E-state index in [-0.39, 0.29) is 17.7 Å². The van der Waals surface area contributed by atoms with Gasteiger partial charge in [-0.2, -0.15) is 0 Å². The highest BCUT2D eigenvalue weighted by atomic mass is 79.9. The second-order valence-corrected chi connectivity index (χ2v) is 10.4. The molecule has 1 aromatic carbocycles. The van der Waals surface area contributed by atoms with Crippen molar-refractivity contribution in [3.05, 3.63) is 34.4 Å². The lowest BCUT2D eigenvalue weighted by Crippen LogP contribution is -2.44. The molecular weight excluding hydrogens is 494 g/mol. The first kappa shape index (κ1) is 24.9. The van der Waals surface area contributed by atoms with Gasteiger partial charge in [-0.15, -0.1) is 0 Å². The van der Waals surface area contributed by atoms with Crippen LogP contribution in [0.15, 0.2) is 34.4 Å². The number of hydrogen-bond donors (Lipinski definition) is 2. The van der Waals surface area contributed by atoms with Crippen molar-refractivity contribution < 1.29 is 28.6 Å². The highest BCUT2D eigenvalue weighted by Gasteiger charge is 2.39. The summed E-state index contributed by atoms with van der Waals surface area (Å²) in [6.45, 7) is 9.72. The topological polar surface area (TPSA) is 106 Å². The minimum atomic E-state index is -1.29. The van der Waals surface area contributed by atoms with Crippen molar-refractivity contribution in [3.8, 4) is 0 Å². The maximum atomic E-state index is 12.3. The molecule has 10 heteroatoms. The zero-order chi connectivity index (χ0) is 24.4. The van der Waals surface area contributed by atoms with Crippen LogP contribution in [0.4, 0.5) is 16.2 Å². The number of anilines is 2. The second kappa shape index (κ2) is 9.62. The van der Waals surface area contributed by atoms with Crippen molar-refractivity contribution >= 4 is 45.3 Å². The summed E-state index contributed by atoms with van der Waals surface area (Å²) in [6.07, 6.45) is 2.50. The fourth-order valence-electron chi connectivity index (χ4n) is 3.44. The van der Waals surface area contributed by atoms with Crippen molar-refractivity contribution in [3.63, 3.8) is 0 Å². The Morgan fingerprint density at radius 1 is 1.15 bits per heavy atom. The van der Waals surface area contributed by atoms with E-state index in [2.05, 4.69) is 26.6 Å². The number of hydrogen-bond acceptors (Lipinski definition) is 8. The van der Waals surface area contributed by atoms with Gasteiger partial charge in [0.1, 0.15) is 5.60 Å². The van der Waals surface area contributed by atoms with E-state index in [1.165, 1.54) is 20.0 Å². The number of esters is 2. The third-order valence-corrected chi connectivity index (χ3v) is 5.47. The van der Waals surface area contributed by atoms with E-state index < -0.39 is 23.3 Å². The maximum absolute atomic E-state index is 12.3. The Bertz CT molecular complexity index is 939. The highest BCUT2D eigenvalue weighted by Crippen LogP contribution is 2.30. The van der Waals surface area contributed by atoms with E-state index in [0.717, 1.165) is 23.0 Å². The van der Waals surface area contributed by atoms with E-state index in [4.69, 9.17) is 14.2 Å². The van der Waals surface area contributed by atoms with Crippen molar-refractivity contribution in [2.45, 2.75) is 64.9 Å². The molecular formula is C23H30BrN3O6. The first-order chi connectivity index (χ1) is 15.3. The zero-order valence-electron chi connectivity index (χ0n) is 19.5. The van der Waals surface area contributed by atoms with Crippen LogP contribution < -0.4 is 10.6 Å². The van der Waals surface area contributed by atoms with Crippen LogP contribution >= 0.6 is 15.9 Å². The number of rotatable bonds is 4. The molecule has 9 nitrogen and oxygen atoms in total. The lowest BCUT2D eigenvalue weighted by atomic mass is 10.0. The first-order valence-electron chi connectivity index (χ1n) is 10.8. The van der Waals surface area contributed by atoms with E-state index in [1.54, 1.807) is 4.90 Å². The molecule has 0 radical (unpaired) electrons. The van der Waals surface area contributed by atoms with Gasteiger partial charge in [-0.25, -0.2) is 14.4 Å². The second-order valence-electron chi connectivity index (χ2n) is 9.46. The Balaban J connectivity index is 1.65. The molecule has 2 heterocycles. The van der Waals surface area contributed by atoms with Crippen LogP contribution in [0, 0.1) is 0 Å². The number of amides is 1. The van der Waals surface area contributed by atoms with Gasteiger partial charge in [0.25, 0.3) is 5.79 Å². The molecule has 0 saturated carbocycles. The molecule has 3 rings (SSSR count). The summed E-state index contributed by atoms with van der Waals surface area (Å²) in [5, 5.41) is 6.50. The Morgan fingerprint density at radius 2 is 1.76 bits per heavy atom. The molecule has 0 unspecified atom stereocenters. The van der Waals surface area contributed by atoms with E-state index in [0.29, 0.717) is 18.8 Å². The maximum Gasteiger partial charge on any atom is 0.410 e. The summed E-state index contributed by atoms with van der Waals surface area (Å²) in [6, 6.07) is 5.76. The number of nitrogens with one attached hydrogen (secondary N) is 2. The minimum Gasteiger partial charge on any atom is -0.444 e. The SMILES string of the molecule is CC(C)(C)OC(=O)N1CCC(Nc2ccc(Br)cc2NC=C2C(=O)OC(C)(C)OC2=O)CC1. The van der Waals surface area contributed by atoms with Gasteiger partial charge in [0.15, 0.2) is 5.57 Å². The number of cyclic esters (lactones) is 2. The molecule has 0 bridgehead atoms. The summed E-state index contributed by atoms with van der Waals surface area (Å²) < 4.78 is 16.5. The standard InChI is InChI=1S/C23H30BrN3O6/c1-22(2,3)33-21(30)27-10-8-15(9-11-27)26-17-7-6-14(24)12-18(17)25-13-16-19(28)31-23(4,5)32-20(16)29/h6-7,12-13,15,25-26H,8-11H2,1-5H3. The van der Waals surface area contributed by atoms with Crippen LogP contribution in [0.2, 0.25) is 0 Å². The predicted molar refractivity (Wildman–Crippen MR) is 127 cm³/mol. The van der Waals surface area contributed by atoms with Crippen molar-refractivity contribution in [2.75, 3.05) is 23.7 Å². The van der Waals surface area contributed by atoms with Gasteiger partial charge < -0.3 is 29.7 Å². The number of carbonyl (C=O) groups excluding carboxylic acids is 3. The minimum absolute atomic E-state index is 0.142. The van der Waals surface area contributed by atoms with Gasteiger partial charge in [-0.3, -0.25) is 0 Å². The molecule has 33 heavy (non-hydrogen) atoms. The molecule has 1 amide bonds. The third-order valence-electron chi connectivity index (χ3n) is 4.98. The van der Waals surface area contributed by atoms with Crippen LogP contribution in [0.3, 0.4) is 0 Å². The molecule has 0 aromatic heterocycles. The van der Waals surface area contributed by atoms with Crippen LogP contribution in [0.1, 0.15) is 47.5 Å². The number of carbonyl (C=O) groups is 3. The van der Waals surface area contributed by atoms with Crippen LogP contribution in [0.5, 0.6) is 0 Å². The van der Waals surface area contributed by atoms with Gasteiger partial charge in [0.2, 0.25) is 0 Å². The summed E-state index contributed by atoms with van der Waals surface area (Å²) in [7, 11) is 0. The van der Waals surface area contributed by atoms with Crippen LogP contribution in [0.25, 0.3) is 0 Å². The number of benzene rings is 1. The first-order valence-corrected chi connectivity index (χ1v) is 11.6. The Labute approximate surface area is 201 Å². The van der Waals surface area contributed by atoms with Crippen LogP contribution in [-0.4, -0.2) is 53.5 Å². The summed E-state index contributed by atoms with van der Waals surface area (Å²) in [5.74, 6) is -2.78. The molecule has 0 aliphatic carbocycles. The summed E-state index contributed by atoms with van der Waals surface area (Å²) in [4.78, 5) is 38.4. The number of likely N-dealkylation sites (tertiary alicyclic amines) is 1. The molecule has 180 valence electrons. The molecule has 2 aliphatic heterocycles. The van der Waals surface area contributed by atoms with Gasteiger partial charge >= 0.3 is 18.0 Å². The van der Waals surface area contributed by atoms with E-state index in [1.807, 2.05) is 39.0 Å². The molecule has 2 aliphatic rings. The number of ether oxygens (including phenoxy) is 3. The molecule has 1 aromatic rings. The molecule has 0 spiro atoms. The zero-order valence-corrected chi connectivity index (χ0v) is 21.1. The van der Waals surface area contributed by atoms with Gasteiger partial charge in [-0.1, -0.05) is 15.9 Å².